The van der Waals surface area contributed by atoms with Gasteiger partial charge in [-0.1, -0.05) is 60.5 Å². The third-order valence-electron chi connectivity index (χ3n) is 2.30. The normalized spacial score (nSPS) is 11.3. The summed E-state index contributed by atoms with van der Waals surface area (Å²) in [6, 6.07) is 18.1. The summed E-state index contributed by atoms with van der Waals surface area (Å²) in [4.78, 5) is 0.283. The van der Waals surface area contributed by atoms with E-state index in [0.717, 1.165) is 5.56 Å². The predicted molar refractivity (Wildman–Crippen MR) is 74.5 cm³/mol. The molecular weight excluding hydrogens is 266 g/mol. The Morgan fingerprint density at radius 1 is 0.889 bits per heavy atom. The fourth-order valence-corrected chi connectivity index (χ4v) is 3.53. The number of hydrogen-bond donors (Lipinski definition) is 1. The standard InChI is InChI=1S/C13H13NO2S2/c15-18(16,13-9-5-2-6-10-13)14-17-11-12-7-3-1-4-8-12/h1-10,14H,11H2. The van der Waals surface area contributed by atoms with Crippen molar-refractivity contribution in [2.24, 2.45) is 0 Å². The number of benzene rings is 2. The minimum Gasteiger partial charge on any atom is -0.206 e. The van der Waals surface area contributed by atoms with Crippen LogP contribution in [-0.4, -0.2) is 8.42 Å². The van der Waals surface area contributed by atoms with Gasteiger partial charge in [0, 0.05) is 5.75 Å². The van der Waals surface area contributed by atoms with Gasteiger partial charge in [0.05, 0.1) is 4.90 Å². The van der Waals surface area contributed by atoms with Gasteiger partial charge in [-0.05, 0) is 17.7 Å². The summed E-state index contributed by atoms with van der Waals surface area (Å²) in [5.41, 5.74) is 1.08. The van der Waals surface area contributed by atoms with Crippen LogP contribution in [0.3, 0.4) is 0 Å². The highest BCUT2D eigenvalue weighted by Gasteiger charge is 2.12. The first-order chi connectivity index (χ1) is 8.68. The Hall–Kier alpha value is -1.30. The Balaban J connectivity index is 1.95. The van der Waals surface area contributed by atoms with Crippen molar-refractivity contribution < 1.29 is 8.42 Å². The van der Waals surface area contributed by atoms with Crippen LogP contribution in [0, 0.1) is 0 Å². The maximum Gasteiger partial charge on any atom is 0.249 e. The largest absolute Gasteiger partial charge is 0.249 e. The van der Waals surface area contributed by atoms with Crippen molar-refractivity contribution in [3.05, 3.63) is 66.2 Å². The van der Waals surface area contributed by atoms with Gasteiger partial charge in [0.25, 0.3) is 0 Å². The maximum absolute atomic E-state index is 11.9. The quantitative estimate of drug-likeness (QED) is 0.856. The van der Waals surface area contributed by atoms with E-state index in [-0.39, 0.29) is 4.90 Å². The molecule has 2 aromatic carbocycles. The molecule has 1 N–H and O–H groups in total. The Bertz CT molecular complexity index is 583. The molecule has 0 radical (unpaired) electrons. The Labute approximate surface area is 111 Å². The fraction of sp³-hybridized carbons (Fsp3) is 0.0769. The first-order valence-electron chi connectivity index (χ1n) is 5.41. The van der Waals surface area contributed by atoms with Gasteiger partial charge < -0.3 is 0 Å². The third-order valence-corrected chi connectivity index (χ3v) is 5.02. The van der Waals surface area contributed by atoms with Crippen molar-refractivity contribution in [3.8, 4) is 0 Å². The van der Waals surface area contributed by atoms with E-state index in [1.54, 1.807) is 30.3 Å². The van der Waals surface area contributed by atoms with Crippen LogP contribution < -0.4 is 4.13 Å². The van der Waals surface area contributed by atoms with E-state index in [4.69, 9.17) is 0 Å². The van der Waals surface area contributed by atoms with Gasteiger partial charge in [0.1, 0.15) is 0 Å². The predicted octanol–water partition coefficient (Wildman–Crippen LogP) is 2.81. The number of hydrogen-bond acceptors (Lipinski definition) is 3. The zero-order valence-corrected chi connectivity index (χ0v) is 11.2. The molecule has 3 nitrogen and oxygen atoms in total. The van der Waals surface area contributed by atoms with Gasteiger partial charge in [0.15, 0.2) is 0 Å². The van der Waals surface area contributed by atoms with Crippen LogP contribution in [-0.2, 0) is 15.8 Å². The molecule has 0 saturated heterocycles. The zero-order valence-electron chi connectivity index (χ0n) is 9.61. The first kappa shape index (κ1) is 13.1. The molecule has 0 aliphatic carbocycles. The highest BCUT2D eigenvalue weighted by atomic mass is 32.3. The van der Waals surface area contributed by atoms with Gasteiger partial charge in [-0.25, -0.2) is 8.42 Å². The van der Waals surface area contributed by atoms with E-state index in [1.807, 2.05) is 30.3 Å². The van der Waals surface area contributed by atoms with E-state index >= 15 is 0 Å². The second-order valence-electron chi connectivity index (χ2n) is 3.67. The molecule has 0 atom stereocenters. The number of rotatable bonds is 5. The number of nitrogens with one attached hydrogen (secondary N) is 1. The summed E-state index contributed by atoms with van der Waals surface area (Å²) in [6.07, 6.45) is 0. The van der Waals surface area contributed by atoms with Gasteiger partial charge in [-0.15, -0.1) is 0 Å². The molecule has 0 spiro atoms. The van der Waals surface area contributed by atoms with E-state index < -0.39 is 10.0 Å². The van der Waals surface area contributed by atoms with E-state index in [2.05, 4.69) is 4.13 Å². The van der Waals surface area contributed by atoms with Crippen LogP contribution in [0.2, 0.25) is 0 Å². The fourth-order valence-electron chi connectivity index (χ4n) is 1.41. The SMILES string of the molecule is O=S(=O)(NSCc1ccccc1)c1ccccc1. The summed E-state index contributed by atoms with van der Waals surface area (Å²) >= 11 is 1.17. The second kappa shape index (κ2) is 6.04. The first-order valence-corrected chi connectivity index (χ1v) is 7.88. The highest BCUT2D eigenvalue weighted by Crippen LogP contribution is 2.14. The summed E-state index contributed by atoms with van der Waals surface area (Å²) in [6.45, 7) is 0. The third kappa shape index (κ3) is 3.60. The maximum atomic E-state index is 11.9. The Morgan fingerprint density at radius 2 is 1.44 bits per heavy atom. The molecule has 0 bridgehead atoms. The molecule has 0 aliphatic heterocycles. The molecule has 2 rings (SSSR count). The monoisotopic (exact) mass is 279 g/mol. The summed E-state index contributed by atoms with van der Waals surface area (Å²) in [7, 11) is -3.42. The van der Waals surface area contributed by atoms with Gasteiger partial charge in [-0.2, -0.15) is 4.13 Å². The lowest BCUT2D eigenvalue weighted by Crippen LogP contribution is -2.16. The minimum absolute atomic E-state index is 0.283. The molecule has 0 saturated carbocycles. The average molecular weight is 279 g/mol. The Morgan fingerprint density at radius 3 is 2.06 bits per heavy atom. The topological polar surface area (TPSA) is 46.2 Å². The van der Waals surface area contributed by atoms with Crippen molar-refractivity contribution in [3.63, 3.8) is 0 Å². The van der Waals surface area contributed by atoms with Crippen LogP contribution >= 0.6 is 11.9 Å². The van der Waals surface area contributed by atoms with Crippen LogP contribution in [0.4, 0.5) is 0 Å². The molecule has 5 heteroatoms. The molecule has 0 aromatic heterocycles. The van der Waals surface area contributed by atoms with Crippen molar-refractivity contribution in [1.82, 2.24) is 4.13 Å². The second-order valence-corrected chi connectivity index (χ2v) is 6.40. The summed E-state index contributed by atoms with van der Waals surface area (Å²) < 4.78 is 26.3. The molecule has 0 unspecified atom stereocenters. The summed E-state index contributed by atoms with van der Waals surface area (Å²) in [5.74, 6) is 0.604. The lowest BCUT2D eigenvalue weighted by atomic mass is 10.2. The molecule has 0 amide bonds. The lowest BCUT2D eigenvalue weighted by Gasteiger charge is -2.05. The molecule has 0 aliphatic rings. The van der Waals surface area contributed by atoms with E-state index in [9.17, 15) is 8.42 Å². The van der Waals surface area contributed by atoms with Crippen LogP contribution in [0.15, 0.2) is 65.6 Å². The van der Waals surface area contributed by atoms with Gasteiger partial charge in [-0.3, -0.25) is 0 Å². The highest BCUT2D eigenvalue weighted by molar-refractivity contribution is 8.08. The molecule has 94 valence electrons. The average Bonchev–Trinajstić information content (AvgIpc) is 2.41. The molecule has 18 heavy (non-hydrogen) atoms. The van der Waals surface area contributed by atoms with Crippen LogP contribution in [0.5, 0.6) is 0 Å². The van der Waals surface area contributed by atoms with Crippen LogP contribution in [0.25, 0.3) is 0 Å². The van der Waals surface area contributed by atoms with E-state index in [0.29, 0.717) is 5.75 Å². The van der Waals surface area contributed by atoms with E-state index in [1.165, 1.54) is 11.9 Å². The van der Waals surface area contributed by atoms with Crippen molar-refractivity contribution in [2.75, 3.05) is 0 Å². The molecule has 0 heterocycles. The van der Waals surface area contributed by atoms with Crippen molar-refractivity contribution >= 4 is 22.0 Å². The lowest BCUT2D eigenvalue weighted by molar-refractivity contribution is 0.594. The molecule has 2 aromatic rings. The van der Waals surface area contributed by atoms with Crippen LogP contribution in [0.1, 0.15) is 5.56 Å². The smallest absolute Gasteiger partial charge is 0.206 e. The Kier molecular flexibility index (Phi) is 4.41. The summed E-state index contributed by atoms with van der Waals surface area (Å²) in [5, 5.41) is 0. The van der Waals surface area contributed by atoms with Gasteiger partial charge >= 0.3 is 0 Å². The van der Waals surface area contributed by atoms with Crippen molar-refractivity contribution in [1.29, 1.82) is 0 Å². The molecular formula is C13H13NO2S2. The van der Waals surface area contributed by atoms with Gasteiger partial charge in [0.2, 0.25) is 10.0 Å². The zero-order chi connectivity index (χ0) is 12.8. The minimum atomic E-state index is -3.42. The van der Waals surface area contributed by atoms with Crippen molar-refractivity contribution in [2.45, 2.75) is 10.6 Å². The number of sulfonamides is 1. The molecule has 0 fully saturated rings.